The maximum absolute atomic E-state index is 7.75. The van der Waals surface area contributed by atoms with Gasteiger partial charge in [0.05, 0.1) is 6.61 Å². The summed E-state index contributed by atoms with van der Waals surface area (Å²) in [4.78, 5) is 0. The summed E-state index contributed by atoms with van der Waals surface area (Å²) in [5.74, 6) is 0. The van der Waals surface area contributed by atoms with Crippen LogP contribution in [0.25, 0.3) is 0 Å². The Morgan fingerprint density at radius 1 is 1.60 bits per heavy atom. The predicted octanol–water partition coefficient (Wildman–Crippen LogP) is -1.07. The Bertz CT molecular complexity index is 11.6. The molecule has 3 N–H and O–H groups in total. The smallest absolute Gasteiger partial charge is 0.0553 e. The molecule has 0 unspecified atom stereocenters. The van der Waals surface area contributed by atoms with Gasteiger partial charge in [0.25, 0.3) is 0 Å². The second-order valence-corrected chi connectivity index (χ2v) is 0.512. The first kappa shape index (κ1) is 9.06. The van der Waals surface area contributed by atoms with Gasteiger partial charge in [-0.15, -0.1) is 0 Å². The van der Waals surface area contributed by atoms with Crippen LogP contribution in [-0.2, 0) is 17.1 Å². The van der Waals surface area contributed by atoms with E-state index in [4.69, 9.17) is 10.8 Å². The van der Waals surface area contributed by atoms with E-state index in [0.717, 1.165) is 0 Å². The second kappa shape index (κ2) is 8.83. The van der Waals surface area contributed by atoms with Crippen LogP contribution in [0.1, 0.15) is 0 Å². The Hall–Kier alpha value is 0.439. The molecule has 0 aliphatic heterocycles. The van der Waals surface area contributed by atoms with Crippen LogP contribution < -0.4 is 5.73 Å². The molecule has 0 rings (SSSR count). The van der Waals surface area contributed by atoms with Crippen LogP contribution in [0.15, 0.2) is 0 Å². The third kappa shape index (κ3) is 12.8. The van der Waals surface area contributed by atoms with E-state index in [1.54, 1.807) is 0 Å². The Balaban J connectivity index is 0. The van der Waals surface area contributed by atoms with Crippen molar-refractivity contribution < 1.29 is 22.2 Å². The molecule has 0 saturated carbocycles. The van der Waals surface area contributed by atoms with Gasteiger partial charge in [-0.1, -0.05) is 0 Å². The molecule has 0 aliphatic carbocycles. The molecule has 5 heavy (non-hydrogen) atoms. The van der Waals surface area contributed by atoms with Gasteiger partial charge in [0.1, 0.15) is 0 Å². The number of rotatable bonds is 1. The average Bonchev–Trinajstić information content (AvgIpc) is 1.37. The van der Waals surface area contributed by atoms with Crippen molar-refractivity contribution in [2.75, 3.05) is 13.2 Å². The Morgan fingerprint density at radius 2 is 1.80 bits per heavy atom. The molecule has 33 valence electrons. The number of hydrogen-bond donors (Lipinski definition) is 2. The minimum Gasteiger partial charge on any atom is -0.395 e. The molecule has 0 spiro atoms. The molecule has 3 heteroatoms. The van der Waals surface area contributed by atoms with Crippen molar-refractivity contribution in [3.8, 4) is 0 Å². The Kier molecular flexibility index (Phi) is 16.0. The molecule has 0 aromatic heterocycles. The summed E-state index contributed by atoms with van der Waals surface area (Å²) in [5.41, 5.74) is 4.78. The topological polar surface area (TPSA) is 46.2 Å². The van der Waals surface area contributed by atoms with Gasteiger partial charge in [-0.3, -0.25) is 0 Å². The summed E-state index contributed by atoms with van der Waals surface area (Å²) in [6.07, 6.45) is 0. The monoisotopic (exact) mass is 116 g/mol. The van der Waals surface area contributed by atoms with Crippen LogP contribution >= 0.6 is 0 Å². The van der Waals surface area contributed by atoms with E-state index in [9.17, 15) is 0 Å². The van der Waals surface area contributed by atoms with Crippen molar-refractivity contribution >= 4 is 0 Å². The third-order valence-electron chi connectivity index (χ3n) is 0.129. The van der Waals surface area contributed by atoms with E-state index >= 15 is 0 Å². The van der Waals surface area contributed by atoms with Gasteiger partial charge in [0.15, 0.2) is 0 Å². The molecular weight excluding hydrogens is 109 g/mol. The van der Waals surface area contributed by atoms with Crippen molar-refractivity contribution in [3.05, 3.63) is 0 Å². The van der Waals surface area contributed by atoms with Crippen molar-refractivity contribution in [2.24, 2.45) is 5.73 Å². The minimum absolute atomic E-state index is 0. The molecule has 0 saturated heterocycles. The van der Waals surface area contributed by atoms with Crippen LogP contribution in [0.4, 0.5) is 0 Å². The average molecular weight is 116 g/mol. The molecule has 0 heterocycles. The summed E-state index contributed by atoms with van der Waals surface area (Å²) in [7, 11) is 0. The summed E-state index contributed by atoms with van der Waals surface area (Å²) < 4.78 is 0. The van der Waals surface area contributed by atoms with E-state index in [1.807, 2.05) is 0 Å². The fourth-order valence-electron chi connectivity index (χ4n) is 0. The molecule has 0 aliphatic rings. The van der Waals surface area contributed by atoms with Crippen LogP contribution in [0.5, 0.6) is 0 Å². The predicted molar refractivity (Wildman–Crippen MR) is 16.1 cm³/mol. The molecule has 0 aromatic rings. The van der Waals surface area contributed by atoms with Crippen molar-refractivity contribution in [1.82, 2.24) is 0 Å². The minimum atomic E-state index is 0. The fourth-order valence-corrected chi connectivity index (χ4v) is 0. The van der Waals surface area contributed by atoms with E-state index in [2.05, 4.69) is 0 Å². The van der Waals surface area contributed by atoms with Gasteiger partial charge >= 0.3 is 0 Å². The molecule has 2 nitrogen and oxygen atoms in total. The number of aliphatic hydroxyl groups is 1. The van der Waals surface area contributed by atoms with Gasteiger partial charge in [0.2, 0.25) is 0 Å². The quantitative estimate of drug-likeness (QED) is 0.429. The Morgan fingerprint density at radius 3 is 1.80 bits per heavy atom. The molecule has 0 aromatic carbocycles. The van der Waals surface area contributed by atoms with Crippen molar-refractivity contribution in [2.45, 2.75) is 0 Å². The van der Waals surface area contributed by atoms with Gasteiger partial charge in [0, 0.05) is 23.6 Å². The fraction of sp³-hybridized carbons (Fsp3) is 1.00. The van der Waals surface area contributed by atoms with Crippen molar-refractivity contribution in [1.29, 1.82) is 0 Å². The van der Waals surface area contributed by atoms with Crippen molar-refractivity contribution in [3.63, 3.8) is 0 Å². The third-order valence-corrected chi connectivity index (χ3v) is 0.129. The van der Waals surface area contributed by atoms with Crippen LogP contribution in [0.2, 0.25) is 0 Å². The SMILES string of the molecule is NCCO.[Mn]. The molecular formula is C2H7MnNO. The summed E-state index contributed by atoms with van der Waals surface area (Å²) >= 11 is 0. The molecule has 1 radical (unpaired) electrons. The zero-order chi connectivity index (χ0) is 3.41. The van der Waals surface area contributed by atoms with Gasteiger partial charge < -0.3 is 10.8 Å². The maximum Gasteiger partial charge on any atom is 0.0553 e. The van der Waals surface area contributed by atoms with Crippen LogP contribution in [0.3, 0.4) is 0 Å². The summed E-state index contributed by atoms with van der Waals surface area (Å²) in [6.45, 7) is 0.472. The molecule has 0 fully saturated rings. The molecule has 0 amide bonds. The molecule has 0 bridgehead atoms. The molecule has 0 atom stereocenters. The zero-order valence-corrected chi connectivity index (χ0v) is 4.00. The second-order valence-electron chi connectivity index (χ2n) is 0.512. The van der Waals surface area contributed by atoms with E-state index in [0.29, 0.717) is 6.54 Å². The van der Waals surface area contributed by atoms with E-state index in [1.165, 1.54) is 0 Å². The van der Waals surface area contributed by atoms with Gasteiger partial charge in [-0.2, -0.15) is 0 Å². The first-order valence-corrected chi connectivity index (χ1v) is 1.22. The number of hydrogen-bond acceptors (Lipinski definition) is 2. The van der Waals surface area contributed by atoms with Gasteiger partial charge in [-0.25, -0.2) is 0 Å². The summed E-state index contributed by atoms with van der Waals surface area (Å²) in [6, 6.07) is 0. The zero-order valence-electron chi connectivity index (χ0n) is 2.82. The van der Waals surface area contributed by atoms with E-state index < -0.39 is 0 Å². The normalized spacial score (nSPS) is 6.00. The first-order chi connectivity index (χ1) is 1.91. The standard InChI is InChI=1S/C2H7NO.Mn/c3-1-2-4;/h4H,1-3H2;. The number of aliphatic hydroxyl groups excluding tert-OH is 1. The maximum atomic E-state index is 7.75. The van der Waals surface area contributed by atoms with Crippen LogP contribution in [-0.4, -0.2) is 18.3 Å². The van der Waals surface area contributed by atoms with Crippen LogP contribution in [0, 0.1) is 0 Å². The largest absolute Gasteiger partial charge is 0.395 e. The Labute approximate surface area is 41.8 Å². The number of nitrogens with two attached hydrogens (primary N) is 1. The first-order valence-electron chi connectivity index (χ1n) is 1.22. The van der Waals surface area contributed by atoms with Gasteiger partial charge in [-0.05, 0) is 0 Å². The van der Waals surface area contributed by atoms with E-state index in [-0.39, 0.29) is 23.7 Å². The summed E-state index contributed by atoms with van der Waals surface area (Å²) in [5, 5.41) is 7.75.